The molecule has 2 rings (SSSR count). The lowest BCUT2D eigenvalue weighted by molar-refractivity contribution is -0.137. The molecule has 1 aromatic carbocycles. The van der Waals surface area contributed by atoms with Crippen LogP contribution in [-0.2, 0) is 19.1 Å². The molecule has 0 bridgehead atoms. The number of hydrogen-bond donors (Lipinski definition) is 2. The lowest BCUT2D eigenvalue weighted by atomic mass is 9.76. The van der Waals surface area contributed by atoms with Crippen LogP contribution in [0, 0.1) is 0 Å². The first-order valence-electron chi connectivity index (χ1n) is 9.41. The molecule has 1 aliphatic rings. The Labute approximate surface area is 165 Å². The van der Waals surface area contributed by atoms with Gasteiger partial charge in [-0.25, -0.2) is 9.59 Å². The fourth-order valence-electron chi connectivity index (χ4n) is 2.72. The van der Waals surface area contributed by atoms with E-state index in [9.17, 15) is 14.4 Å². The number of esters is 1. The van der Waals surface area contributed by atoms with Gasteiger partial charge in [0.1, 0.15) is 11.1 Å². The Hall–Kier alpha value is -2.83. The van der Waals surface area contributed by atoms with Crippen LogP contribution in [0.2, 0.25) is 0 Å². The first kappa shape index (κ1) is 21.5. The van der Waals surface area contributed by atoms with Crippen molar-refractivity contribution < 1.29 is 23.9 Å². The van der Waals surface area contributed by atoms with Gasteiger partial charge in [0, 0.05) is 11.8 Å². The Bertz CT molecular complexity index is 743. The summed E-state index contributed by atoms with van der Waals surface area (Å²) in [6, 6.07) is 7.03. The Morgan fingerprint density at radius 3 is 2.29 bits per heavy atom. The summed E-state index contributed by atoms with van der Waals surface area (Å²) in [6.07, 6.45) is 4.39. The first-order chi connectivity index (χ1) is 13.1. The molecule has 152 valence electrons. The van der Waals surface area contributed by atoms with Crippen LogP contribution in [0.3, 0.4) is 0 Å². The molecule has 0 radical (unpaired) electrons. The lowest BCUT2D eigenvalue weighted by Gasteiger charge is -2.40. The number of ether oxygens (including phenoxy) is 2. The molecule has 1 fully saturated rings. The van der Waals surface area contributed by atoms with Crippen LogP contribution >= 0.6 is 0 Å². The van der Waals surface area contributed by atoms with Gasteiger partial charge in [0.05, 0.1) is 6.61 Å². The van der Waals surface area contributed by atoms with Crippen LogP contribution in [0.15, 0.2) is 30.3 Å². The largest absolute Gasteiger partial charge is 0.463 e. The van der Waals surface area contributed by atoms with E-state index in [1.54, 1.807) is 58.0 Å². The van der Waals surface area contributed by atoms with Crippen LogP contribution in [-0.4, -0.2) is 35.7 Å². The first-order valence-corrected chi connectivity index (χ1v) is 9.41. The van der Waals surface area contributed by atoms with Crippen molar-refractivity contribution >= 4 is 29.7 Å². The summed E-state index contributed by atoms with van der Waals surface area (Å²) < 4.78 is 10.1. The van der Waals surface area contributed by atoms with Crippen molar-refractivity contribution in [1.82, 2.24) is 5.32 Å². The summed E-state index contributed by atoms with van der Waals surface area (Å²) in [5.41, 5.74) is -0.157. The van der Waals surface area contributed by atoms with Crippen molar-refractivity contribution in [3.63, 3.8) is 0 Å². The van der Waals surface area contributed by atoms with Crippen molar-refractivity contribution in [2.24, 2.45) is 0 Å². The highest BCUT2D eigenvalue weighted by Gasteiger charge is 2.46. The summed E-state index contributed by atoms with van der Waals surface area (Å²) in [7, 11) is 0. The van der Waals surface area contributed by atoms with Gasteiger partial charge in [-0.1, -0.05) is 12.1 Å². The van der Waals surface area contributed by atoms with Gasteiger partial charge < -0.3 is 20.1 Å². The fraction of sp³-hybridized carbons (Fsp3) is 0.476. The summed E-state index contributed by atoms with van der Waals surface area (Å²) in [5, 5.41) is 5.57. The van der Waals surface area contributed by atoms with Gasteiger partial charge in [0.2, 0.25) is 5.91 Å². The van der Waals surface area contributed by atoms with Gasteiger partial charge in [-0.2, -0.15) is 0 Å². The summed E-state index contributed by atoms with van der Waals surface area (Å²) in [6.45, 7) is 7.40. The van der Waals surface area contributed by atoms with Crippen LogP contribution < -0.4 is 10.6 Å². The van der Waals surface area contributed by atoms with Gasteiger partial charge >= 0.3 is 12.1 Å². The molecule has 28 heavy (non-hydrogen) atoms. The zero-order chi connectivity index (χ0) is 20.8. The average molecular weight is 388 g/mol. The van der Waals surface area contributed by atoms with Crippen LogP contribution in [0.4, 0.5) is 10.5 Å². The zero-order valence-corrected chi connectivity index (χ0v) is 16.8. The maximum absolute atomic E-state index is 12.7. The molecule has 0 saturated heterocycles. The third kappa shape index (κ3) is 6.11. The van der Waals surface area contributed by atoms with E-state index in [0.29, 0.717) is 25.1 Å². The van der Waals surface area contributed by atoms with Crippen LogP contribution in [0.1, 0.15) is 52.5 Å². The average Bonchev–Trinajstić information content (AvgIpc) is 2.56. The quantitative estimate of drug-likeness (QED) is 0.573. The number of nitrogens with one attached hydrogen (secondary N) is 2. The van der Waals surface area contributed by atoms with E-state index in [4.69, 9.17) is 9.47 Å². The molecule has 2 N–H and O–H groups in total. The van der Waals surface area contributed by atoms with E-state index in [1.807, 2.05) is 0 Å². The van der Waals surface area contributed by atoms with Crippen molar-refractivity contribution in [1.29, 1.82) is 0 Å². The van der Waals surface area contributed by atoms with E-state index in [1.165, 1.54) is 6.08 Å². The van der Waals surface area contributed by atoms with Gasteiger partial charge in [0.15, 0.2) is 0 Å². The van der Waals surface area contributed by atoms with E-state index in [-0.39, 0.29) is 5.91 Å². The highest BCUT2D eigenvalue weighted by Crippen LogP contribution is 2.33. The molecule has 1 aromatic rings. The van der Waals surface area contributed by atoms with Crippen LogP contribution in [0.25, 0.3) is 6.08 Å². The predicted octanol–water partition coefficient (Wildman–Crippen LogP) is 3.65. The topological polar surface area (TPSA) is 93.7 Å². The van der Waals surface area contributed by atoms with Gasteiger partial charge in [-0.15, -0.1) is 0 Å². The van der Waals surface area contributed by atoms with E-state index < -0.39 is 23.2 Å². The number of carbonyl (C=O) groups is 3. The zero-order valence-electron chi connectivity index (χ0n) is 16.8. The number of amides is 2. The van der Waals surface area contributed by atoms with E-state index >= 15 is 0 Å². The minimum absolute atomic E-state index is 0.264. The number of anilines is 1. The highest BCUT2D eigenvalue weighted by molar-refractivity contribution is 6.00. The molecule has 7 nitrogen and oxygen atoms in total. The molecular formula is C21H28N2O5. The molecule has 0 aliphatic heterocycles. The molecule has 1 aliphatic carbocycles. The van der Waals surface area contributed by atoms with E-state index in [0.717, 1.165) is 12.0 Å². The number of alkyl carbamates (subject to hydrolysis) is 1. The van der Waals surface area contributed by atoms with E-state index in [2.05, 4.69) is 10.6 Å². The highest BCUT2D eigenvalue weighted by atomic mass is 16.6. The molecule has 0 heterocycles. The second-order valence-electron chi connectivity index (χ2n) is 7.72. The standard InChI is InChI=1S/C21H28N2O5/c1-5-27-17(24)12-9-15-7-10-16(11-8-15)22-18(25)21(13-6-14-21)23-19(26)28-20(2,3)4/h7-12H,5-6,13-14H2,1-4H3,(H,22,25)(H,23,26). The maximum atomic E-state index is 12.7. The van der Waals surface area contributed by atoms with Crippen molar-refractivity contribution in [3.05, 3.63) is 35.9 Å². The Morgan fingerprint density at radius 2 is 1.79 bits per heavy atom. The predicted molar refractivity (Wildman–Crippen MR) is 107 cm³/mol. The van der Waals surface area contributed by atoms with Gasteiger partial charge in [-0.05, 0) is 70.7 Å². The molecule has 0 aromatic heterocycles. The number of carbonyl (C=O) groups excluding carboxylic acids is 3. The van der Waals surface area contributed by atoms with Gasteiger partial charge in [-0.3, -0.25) is 4.79 Å². The molecule has 0 spiro atoms. The molecule has 0 unspecified atom stereocenters. The minimum atomic E-state index is -0.940. The number of benzene rings is 1. The van der Waals surface area contributed by atoms with Crippen LogP contribution in [0.5, 0.6) is 0 Å². The normalized spacial score (nSPS) is 15.4. The molecular weight excluding hydrogens is 360 g/mol. The smallest absolute Gasteiger partial charge is 0.408 e. The lowest BCUT2D eigenvalue weighted by Crippen LogP contribution is -2.61. The second-order valence-corrected chi connectivity index (χ2v) is 7.72. The van der Waals surface area contributed by atoms with Crippen molar-refractivity contribution in [2.45, 2.75) is 58.1 Å². The molecule has 2 amide bonds. The molecule has 0 atom stereocenters. The number of hydrogen-bond acceptors (Lipinski definition) is 5. The Morgan fingerprint density at radius 1 is 1.14 bits per heavy atom. The third-order valence-electron chi connectivity index (χ3n) is 4.25. The fourth-order valence-corrected chi connectivity index (χ4v) is 2.72. The van der Waals surface area contributed by atoms with Crippen molar-refractivity contribution in [3.8, 4) is 0 Å². The molecule has 1 saturated carbocycles. The SMILES string of the molecule is CCOC(=O)C=Cc1ccc(NC(=O)C2(NC(=O)OC(C)(C)C)CCC2)cc1. The minimum Gasteiger partial charge on any atom is -0.463 e. The Kier molecular flexibility index (Phi) is 6.83. The Balaban J connectivity index is 1.97. The molecule has 7 heteroatoms. The second kappa shape index (κ2) is 8.91. The summed E-state index contributed by atoms with van der Waals surface area (Å²) >= 11 is 0. The van der Waals surface area contributed by atoms with Gasteiger partial charge in [0.25, 0.3) is 0 Å². The maximum Gasteiger partial charge on any atom is 0.408 e. The third-order valence-corrected chi connectivity index (χ3v) is 4.25. The summed E-state index contributed by atoms with van der Waals surface area (Å²) in [4.78, 5) is 36.2. The van der Waals surface area contributed by atoms with Crippen molar-refractivity contribution in [2.75, 3.05) is 11.9 Å². The number of rotatable bonds is 6. The monoisotopic (exact) mass is 388 g/mol. The summed E-state index contributed by atoms with van der Waals surface area (Å²) in [5.74, 6) is -0.667.